The Morgan fingerprint density at radius 2 is 1.58 bits per heavy atom. The van der Waals surface area contributed by atoms with Gasteiger partial charge in [0.15, 0.2) is 12.6 Å². The fraction of sp³-hybridized carbons (Fsp3) is 1.00. The number of hydrogen-bond donors (Lipinski definition) is 8. The van der Waals surface area contributed by atoms with Crippen LogP contribution in [-0.2, 0) is 18.9 Å². The number of hydrogen-bond acceptors (Lipinski definition) is 12. The number of aliphatic hydroxyl groups excluding tert-OH is 2. The van der Waals surface area contributed by atoms with Gasteiger partial charge in [0.25, 0.3) is 0 Å². The minimum atomic E-state index is -1.28. The zero-order valence-corrected chi connectivity index (χ0v) is 19.1. The molecule has 3 fully saturated rings. The fourth-order valence-electron chi connectivity index (χ4n) is 4.90. The molecule has 0 radical (unpaired) electrons. The summed E-state index contributed by atoms with van der Waals surface area (Å²) in [5, 5.41) is 38.1. The van der Waals surface area contributed by atoms with E-state index in [0.717, 1.165) is 12.8 Å². The highest BCUT2D eigenvalue weighted by atomic mass is 16.7. The molecule has 0 spiro atoms. The Labute approximate surface area is 196 Å². The van der Waals surface area contributed by atoms with Crippen LogP contribution in [-0.4, -0.2) is 115 Å². The average Bonchev–Trinajstić information content (AvgIpc) is 2.72. The van der Waals surface area contributed by atoms with Crippen molar-refractivity contribution in [1.29, 1.82) is 0 Å². The van der Waals surface area contributed by atoms with Crippen molar-refractivity contribution in [3.8, 4) is 0 Å². The van der Waals surface area contributed by atoms with Gasteiger partial charge in [-0.25, -0.2) is 0 Å². The SMILES string of the molecule is C.CNC[C@@H]1CC[C@@H](N)[C@@H](O[C@H]2[C@H](O)[C@@H](O[C@H]3OC[C@](C)(O)[C@H](NC)[C@H]3O)[C@H](N)C[C@@H]2N)O1. The third-order valence-corrected chi connectivity index (χ3v) is 6.72. The molecule has 0 unspecified atom stereocenters. The molecule has 3 rings (SSSR count). The van der Waals surface area contributed by atoms with Crippen LogP contribution in [0.4, 0.5) is 0 Å². The van der Waals surface area contributed by atoms with Crippen LogP contribution in [0.15, 0.2) is 0 Å². The molecule has 12 nitrogen and oxygen atoms in total. The molecule has 196 valence electrons. The standard InChI is InChI=1S/C20H41N5O7.CH4/c1-20(28)8-29-19(14(27)17(20)25-3)32-16-12(23)6-11(22)15(13(16)26)31-18-10(21)5-4-9(30-18)7-24-2;/h9-19,24-28H,4-8,21-23H2,1-3H3;1H4/t9-,10+,11-,12+,13-,14+,15+,16-,17+,18+,19+,20-;/m0./s1. The molecule has 11 N–H and O–H groups in total. The summed E-state index contributed by atoms with van der Waals surface area (Å²) >= 11 is 0. The Bertz CT molecular complexity index is 603. The lowest BCUT2D eigenvalue weighted by Crippen LogP contribution is -2.68. The van der Waals surface area contributed by atoms with Crippen LogP contribution in [0.1, 0.15) is 33.6 Å². The predicted molar refractivity (Wildman–Crippen MR) is 122 cm³/mol. The zero-order valence-electron chi connectivity index (χ0n) is 19.1. The van der Waals surface area contributed by atoms with Crippen LogP contribution in [0.25, 0.3) is 0 Å². The summed E-state index contributed by atoms with van der Waals surface area (Å²) in [6.45, 7) is 2.16. The van der Waals surface area contributed by atoms with Gasteiger partial charge >= 0.3 is 0 Å². The maximum atomic E-state index is 11.1. The van der Waals surface area contributed by atoms with E-state index in [-0.39, 0.29) is 26.2 Å². The maximum Gasteiger partial charge on any atom is 0.185 e. The zero-order chi connectivity index (χ0) is 23.6. The van der Waals surface area contributed by atoms with Gasteiger partial charge in [0, 0.05) is 18.6 Å². The van der Waals surface area contributed by atoms with Crippen molar-refractivity contribution in [3.05, 3.63) is 0 Å². The highest BCUT2D eigenvalue weighted by Crippen LogP contribution is 2.31. The largest absolute Gasteiger partial charge is 0.388 e. The number of rotatable bonds is 7. The molecule has 12 heteroatoms. The number of ether oxygens (including phenoxy) is 4. The van der Waals surface area contributed by atoms with Crippen molar-refractivity contribution in [1.82, 2.24) is 10.6 Å². The molecule has 2 aliphatic heterocycles. The van der Waals surface area contributed by atoms with Crippen LogP contribution < -0.4 is 27.8 Å². The van der Waals surface area contributed by atoms with E-state index in [1.165, 1.54) is 0 Å². The Kier molecular flexibility index (Phi) is 10.4. The number of aliphatic hydroxyl groups is 3. The molecule has 1 saturated carbocycles. The van der Waals surface area contributed by atoms with Gasteiger partial charge in [-0.05, 0) is 40.3 Å². The normalized spacial score (nSPS) is 48.8. The molecule has 0 amide bonds. The lowest BCUT2D eigenvalue weighted by molar-refractivity contribution is -0.306. The first-order valence-electron chi connectivity index (χ1n) is 11.3. The highest BCUT2D eigenvalue weighted by molar-refractivity contribution is 5.01. The summed E-state index contributed by atoms with van der Waals surface area (Å²) in [6, 6.07) is -2.20. The summed E-state index contributed by atoms with van der Waals surface area (Å²) in [4.78, 5) is 0. The molecule has 2 heterocycles. The minimum Gasteiger partial charge on any atom is -0.388 e. The summed E-state index contributed by atoms with van der Waals surface area (Å²) in [7, 11) is 3.47. The topological polar surface area (TPSA) is 200 Å². The molecule has 3 aliphatic rings. The van der Waals surface area contributed by atoms with Gasteiger partial charge in [0.1, 0.15) is 30.0 Å². The van der Waals surface area contributed by atoms with E-state index in [1.54, 1.807) is 14.0 Å². The van der Waals surface area contributed by atoms with Gasteiger partial charge in [0.05, 0.1) is 24.8 Å². The first-order valence-corrected chi connectivity index (χ1v) is 11.3. The number of nitrogens with two attached hydrogens (primary N) is 3. The Balaban J connectivity index is 0.00000385. The second-order valence-electron chi connectivity index (χ2n) is 9.47. The number of nitrogens with one attached hydrogen (secondary N) is 2. The van der Waals surface area contributed by atoms with Crippen molar-refractivity contribution in [2.24, 2.45) is 17.2 Å². The third kappa shape index (κ3) is 6.40. The van der Waals surface area contributed by atoms with E-state index in [9.17, 15) is 15.3 Å². The molecular formula is C21H45N5O7. The Morgan fingerprint density at radius 3 is 2.15 bits per heavy atom. The van der Waals surface area contributed by atoms with Crippen LogP contribution in [0, 0.1) is 0 Å². The quantitative estimate of drug-likeness (QED) is 0.183. The van der Waals surface area contributed by atoms with E-state index in [0.29, 0.717) is 13.0 Å². The first-order chi connectivity index (χ1) is 15.1. The van der Waals surface area contributed by atoms with Crippen molar-refractivity contribution in [2.75, 3.05) is 27.2 Å². The van der Waals surface area contributed by atoms with Crippen LogP contribution in [0.5, 0.6) is 0 Å². The maximum absolute atomic E-state index is 11.1. The van der Waals surface area contributed by atoms with E-state index < -0.39 is 60.7 Å². The molecule has 33 heavy (non-hydrogen) atoms. The molecule has 2 saturated heterocycles. The minimum absolute atomic E-state index is 0. The van der Waals surface area contributed by atoms with Crippen LogP contribution in [0.2, 0.25) is 0 Å². The molecule has 1 aliphatic carbocycles. The summed E-state index contributed by atoms with van der Waals surface area (Å²) in [5.41, 5.74) is 17.4. The van der Waals surface area contributed by atoms with E-state index in [1.807, 2.05) is 7.05 Å². The van der Waals surface area contributed by atoms with Crippen LogP contribution in [0.3, 0.4) is 0 Å². The van der Waals surface area contributed by atoms with Gasteiger partial charge in [-0.1, -0.05) is 7.43 Å². The van der Waals surface area contributed by atoms with Gasteiger partial charge in [-0.3, -0.25) is 0 Å². The molecule has 0 aromatic carbocycles. The second-order valence-corrected chi connectivity index (χ2v) is 9.47. The van der Waals surface area contributed by atoms with Crippen molar-refractivity contribution >= 4 is 0 Å². The second kappa shape index (κ2) is 12.0. The Hall–Kier alpha value is -0.480. The van der Waals surface area contributed by atoms with Gasteiger partial charge in [-0.2, -0.15) is 0 Å². The average molecular weight is 480 g/mol. The first kappa shape index (κ1) is 28.8. The predicted octanol–water partition coefficient (Wildman–Crippen LogP) is -3.08. The van der Waals surface area contributed by atoms with Crippen molar-refractivity contribution in [2.45, 2.75) is 106 Å². The van der Waals surface area contributed by atoms with Crippen LogP contribution >= 0.6 is 0 Å². The highest BCUT2D eigenvalue weighted by Gasteiger charge is 2.50. The van der Waals surface area contributed by atoms with E-state index in [2.05, 4.69) is 10.6 Å². The smallest absolute Gasteiger partial charge is 0.185 e. The third-order valence-electron chi connectivity index (χ3n) is 6.72. The van der Waals surface area contributed by atoms with E-state index in [4.69, 9.17) is 36.1 Å². The fourth-order valence-corrected chi connectivity index (χ4v) is 4.90. The van der Waals surface area contributed by atoms with Gasteiger partial charge in [0.2, 0.25) is 0 Å². The summed E-state index contributed by atoms with van der Waals surface area (Å²) in [6.07, 6.45) is -4.12. The molecule has 0 aromatic heterocycles. The number of likely N-dealkylation sites (N-methyl/N-ethyl adjacent to an activating group) is 2. The van der Waals surface area contributed by atoms with Crippen molar-refractivity contribution in [3.63, 3.8) is 0 Å². The molecule has 0 bridgehead atoms. The molecule has 12 atom stereocenters. The monoisotopic (exact) mass is 479 g/mol. The van der Waals surface area contributed by atoms with Gasteiger partial charge in [-0.15, -0.1) is 0 Å². The Morgan fingerprint density at radius 1 is 0.970 bits per heavy atom. The van der Waals surface area contributed by atoms with Crippen molar-refractivity contribution < 1.29 is 34.3 Å². The van der Waals surface area contributed by atoms with Gasteiger partial charge < -0.3 is 62.1 Å². The summed E-state index contributed by atoms with van der Waals surface area (Å²) in [5.74, 6) is 0. The molecule has 0 aromatic rings. The molecular weight excluding hydrogens is 434 g/mol. The lowest BCUT2D eigenvalue weighted by Gasteiger charge is -2.48. The van der Waals surface area contributed by atoms with E-state index >= 15 is 0 Å². The summed E-state index contributed by atoms with van der Waals surface area (Å²) < 4.78 is 23.5. The lowest BCUT2D eigenvalue weighted by atomic mass is 9.84.